The fourth-order valence-corrected chi connectivity index (χ4v) is 3.66. The Morgan fingerprint density at radius 3 is 2.40 bits per heavy atom. The monoisotopic (exact) mass is 410 g/mol. The van der Waals surface area contributed by atoms with Gasteiger partial charge in [0.25, 0.3) is 5.91 Å². The minimum absolute atomic E-state index is 0.0451. The Labute approximate surface area is 175 Å². The molecule has 2 aliphatic rings. The molecular weight excluding hydrogens is 384 g/mol. The summed E-state index contributed by atoms with van der Waals surface area (Å²) < 4.78 is 5.29. The molecule has 9 heteroatoms. The first kappa shape index (κ1) is 20.3. The number of amides is 3. The maximum atomic E-state index is 13.4. The second-order valence-corrected chi connectivity index (χ2v) is 7.43. The number of carbonyl (C=O) groups excluding carboxylic acids is 2. The number of anilines is 1. The number of benzene rings is 1. The van der Waals surface area contributed by atoms with Crippen LogP contribution < -0.4 is 16.2 Å². The van der Waals surface area contributed by atoms with E-state index in [2.05, 4.69) is 15.3 Å². The smallest absolute Gasteiger partial charge is 0.324 e. The predicted octanol–water partition coefficient (Wildman–Crippen LogP) is 0.828. The van der Waals surface area contributed by atoms with Gasteiger partial charge in [0, 0.05) is 38.1 Å². The Morgan fingerprint density at radius 2 is 1.83 bits per heavy atom. The van der Waals surface area contributed by atoms with Gasteiger partial charge in [-0.15, -0.1) is 0 Å². The van der Waals surface area contributed by atoms with Crippen molar-refractivity contribution in [1.82, 2.24) is 20.2 Å². The van der Waals surface area contributed by atoms with Gasteiger partial charge in [-0.05, 0) is 24.3 Å². The summed E-state index contributed by atoms with van der Waals surface area (Å²) in [6, 6.07) is 13.4. The molecule has 2 aliphatic heterocycles. The largest absolute Gasteiger partial charge is 0.378 e. The Bertz CT molecular complexity index is 864. The Morgan fingerprint density at radius 1 is 1.10 bits per heavy atom. The van der Waals surface area contributed by atoms with Crippen molar-refractivity contribution in [3.63, 3.8) is 0 Å². The molecule has 30 heavy (non-hydrogen) atoms. The van der Waals surface area contributed by atoms with Gasteiger partial charge >= 0.3 is 6.03 Å². The third-order valence-electron chi connectivity index (χ3n) is 5.56. The third kappa shape index (κ3) is 4.43. The van der Waals surface area contributed by atoms with Gasteiger partial charge in [-0.1, -0.05) is 18.2 Å². The molecule has 3 N–H and O–H groups in total. The molecular formula is C21H26N6O3. The summed E-state index contributed by atoms with van der Waals surface area (Å²) in [7, 11) is 0. The van der Waals surface area contributed by atoms with Gasteiger partial charge in [-0.25, -0.2) is 10.6 Å². The first-order chi connectivity index (χ1) is 14.7. The van der Waals surface area contributed by atoms with Gasteiger partial charge in [0.2, 0.25) is 0 Å². The van der Waals surface area contributed by atoms with Crippen molar-refractivity contribution in [2.75, 3.05) is 44.3 Å². The Balaban J connectivity index is 1.47. The fraction of sp³-hybridized carbons (Fsp3) is 0.381. The lowest BCUT2D eigenvalue weighted by Gasteiger charge is -2.43. The lowest BCUT2D eigenvalue weighted by atomic mass is 10.2. The lowest BCUT2D eigenvalue weighted by molar-refractivity contribution is -0.0738. The molecule has 2 saturated heterocycles. The summed E-state index contributed by atoms with van der Waals surface area (Å²) in [5.74, 6) is 4.76. The number of para-hydroxylation sites is 1. The van der Waals surface area contributed by atoms with Crippen LogP contribution in [0.1, 0.15) is 16.1 Å². The number of pyridine rings is 1. The molecule has 158 valence electrons. The predicted molar refractivity (Wildman–Crippen MR) is 112 cm³/mol. The van der Waals surface area contributed by atoms with Gasteiger partial charge in [0.1, 0.15) is 0 Å². The minimum atomic E-state index is -0.403. The highest BCUT2D eigenvalue weighted by molar-refractivity contribution is 5.93. The van der Waals surface area contributed by atoms with Crippen LogP contribution in [0.25, 0.3) is 0 Å². The number of aromatic nitrogens is 1. The second-order valence-electron chi connectivity index (χ2n) is 7.43. The molecule has 0 spiro atoms. The van der Waals surface area contributed by atoms with Crippen molar-refractivity contribution in [2.24, 2.45) is 5.84 Å². The van der Waals surface area contributed by atoms with Gasteiger partial charge in [0.15, 0.2) is 0 Å². The first-order valence-electron chi connectivity index (χ1n) is 10.0. The van der Waals surface area contributed by atoms with E-state index in [1.54, 1.807) is 17.0 Å². The lowest BCUT2D eigenvalue weighted by Crippen LogP contribution is -2.59. The zero-order chi connectivity index (χ0) is 20.9. The zero-order valence-electron chi connectivity index (χ0n) is 16.7. The van der Waals surface area contributed by atoms with Crippen LogP contribution in [0.15, 0.2) is 48.7 Å². The van der Waals surface area contributed by atoms with E-state index >= 15 is 0 Å². The van der Waals surface area contributed by atoms with Crippen LogP contribution in [0.5, 0.6) is 0 Å². The average Bonchev–Trinajstić information content (AvgIpc) is 2.77. The van der Waals surface area contributed by atoms with E-state index in [1.807, 2.05) is 35.2 Å². The molecule has 2 fully saturated rings. The van der Waals surface area contributed by atoms with E-state index in [0.717, 1.165) is 32.0 Å². The number of urea groups is 1. The highest BCUT2D eigenvalue weighted by atomic mass is 16.5. The van der Waals surface area contributed by atoms with Crippen molar-refractivity contribution in [3.8, 4) is 0 Å². The molecule has 0 radical (unpaired) electrons. The van der Waals surface area contributed by atoms with Crippen LogP contribution >= 0.6 is 0 Å². The number of nitrogen functional groups attached to an aromatic ring is 1. The van der Waals surface area contributed by atoms with E-state index in [1.165, 1.54) is 6.20 Å². The molecule has 1 aromatic heterocycles. The van der Waals surface area contributed by atoms with E-state index in [9.17, 15) is 9.59 Å². The van der Waals surface area contributed by atoms with Crippen LogP contribution in [0.3, 0.4) is 0 Å². The van der Waals surface area contributed by atoms with E-state index < -0.39 is 5.91 Å². The zero-order valence-corrected chi connectivity index (χ0v) is 16.7. The fourth-order valence-electron chi connectivity index (χ4n) is 3.66. The van der Waals surface area contributed by atoms with E-state index in [0.29, 0.717) is 36.9 Å². The van der Waals surface area contributed by atoms with Crippen molar-refractivity contribution < 1.29 is 14.3 Å². The summed E-state index contributed by atoms with van der Waals surface area (Å²) in [6.45, 7) is 4.95. The average molecular weight is 410 g/mol. The molecule has 0 saturated carbocycles. The van der Waals surface area contributed by atoms with Crippen molar-refractivity contribution in [2.45, 2.75) is 12.6 Å². The maximum absolute atomic E-state index is 13.4. The van der Waals surface area contributed by atoms with Gasteiger partial charge in [-0.3, -0.25) is 25.0 Å². The normalized spacial score (nSPS) is 17.3. The second kappa shape index (κ2) is 9.21. The third-order valence-corrected chi connectivity index (χ3v) is 5.56. The number of hydrogen-bond donors (Lipinski definition) is 2. The standard InChI is InChI=1S/C21H26N6O3/c22-24-20(28)16-6-7-17(23-12-16)13-27(18-4-2-1-3-5-18)21(29)26-10-8-25(9-11-26)19-14-30-15-19/h1-7,12,19H,8-11,13-15,22H2,(H,24,28). The molecule has 1 aromatic carbocycles. The quantitative estimate of drug-likeness (QED) is 0.430. The number of nitrogens with two attached hydrogens (primary N) is 1. The highest BCUT2D eigenvalue weighted by Crippen LogP contribution is 2.20. The first-order valence-corrected chi connectivity index (χ1v) is 10.0. The molecule has 0 aliphatic carbocycles. The molecule has 3 amide bonds. The van der Waals surface area contributed by atoms with Gasteiger partial charge < -0.3 is 9.64 Å². The van der Waals surface area contributed by atoms with Crippen molar-refractivity contribution >= 4 is 17.6 Å². The van der Waals surface area contributed by atoms with E-state index in [4.69, 9.17) is 10.6 Å². The Hall–Kier alpha value is -3.01. The number of rotatable bonds is 5. The van der Waals surface area contributed by atoms with Crippen molar-refractivity contribution in [1.29, 1.82) is 0 Å². The van der Waals surface area contributed by atoms with Crippen LogP contribution in [-0.4, -0.2) is 72.2 Å². The van der Waals surface area contributed by atoms with Crippen LogP contribution in [-0.2, 0) is 11.3 Å². The molecule has 0 atom stereocenters. The SMILES string of the molecule is NNC(=O)c1ccc(CN(C(=O)N2CCN(C3COC3)CC2)c2ccccc2)nc1. The van der Waals surface area contributed by atoms with Gasteiger partial charge in [0.05, 0.1) is 37.1 Å². The van der Waals surface area contributed by atoms with E-state index in [-0.39, 0.29) is 6.03 Å². The van der Waals surface area contributed by atoms with Crippen LogP contribution in [0, 0.1) is 0 Å². The molecule has 3 heterocycles. The maximum Gasteiger partial charge on any atom is 0.324 e. The number of hydrazine groups is 1. The van der Waals surface area contributed by atoms with Crippen LogP contribution in [0.2, 0.25) is 0 Å². The van der Waals surface area contributed by atoms with Crippen molar-refractivity contribution in [3.05, 3.63) is 59.9 Å². The summed E-state index contributed by atoms with van der Waals surface area (Å²) in [5.41, 5.74) is 3.95. The molecule has 4 rings (SSSR count). The molecule has 0 unspecified atom stereocenters. The summed E-state index contributed by atoms with van der Waals surface area (Å²) in [4.78, 5) is 35.4. The molecule has 9 nitrogen and oxygen atoms in total. The number of piperazine rings is 1. The summed E-state index contributed by atoms with van der Waals surface area (Å²) in [5, 5.41) is 0. The minimum Gasteiger partial charge on any atom is -0.378 e. The number of hydrogen-bond acceptors (Lipinski definition) is 6. The number of nitrogens with zero attached hydrogens (tertiary/aromatic N) is 4. The number of carbonyl (C=O) groups is 2. The molecule has 0 bridgehead atoms. The molecule has 2 aromatic rings. The summed E-state index contributed by atoms with van der Waals surface area (Å²) in [6.07, 6.45) is 1.46. The number of nitrogens with one attached hydrogen (secondary N) is 1. The number of ether oxygens (including phenoxy) is 1. The summed E-state index contributed by atoms with van der Waals surface area (Å²) >= 11 is 0. The van der Waals surface area contributed by atoms with Crippen LogP contribution in [0.4, 0.5) is 10.5 Å². The van der Waals surface area contributed by atoms with Gasteiger partial charge in [-0.2, -0.15) is 0 Å². The Kier molecular flexibility index (Phi) is 6.22. The highest BCUT2D eigenvalue weighted by Gasteiger charge is 2.32. The topological polar surface area (TPSA) is 104 Å².